The van der Waals surface area contributed by atoms with Crippen molar-refractivity contribution in [2.75, 3.05) is 13.2 Å². The Morgan fingerprint density at radius 2 is 0.677 bits per heavy atom. The smallest absolute Gasteiger partial charge is 0.306 e. The van der Waals surface area contributed by atoms with Gasteiger partial charge in [-0.3, -0.25) is 14.4 Å². The molecule has 1 atom stereocenters. The summed E-state index contributed by atoms with van der Waals surface area (Å²) in [5.74, 6) is -0.978. The Bertz CT molecular complexity index is 1360. The van der Waals surface area contributed by atoms with E-state index in [-0.39, 0.29) is 37.5 Å². The zero-order valence-corrected chi connectivity index (χ0v) is 42.0. The summed E-state index contributed by atoms with van der Waals surface area (Å²) >= 11 is 0. The van der Waals surface area contributed by atoms with Crippen LogP contribution in [0.1, 0.15) is 226 Å². The third-order valence-corrected chi connectivity index (χ3v) is 10.9. The monoisotopic (exact) mass is 901 g/mol. The quantitative estimate of drug-likeness (QED) is 0.0199. The lowest BCUT2D eigenvalue weighted by Crippen LogP contribution is -2.30. The molecule has 65 heavy (non-hydrogen) atoms. The van der Waals surface area contributed by atoms with E-state index in [1.807, 2.05) is 60.8 Å². The van der Waals surface area contributed by atoms with Crippen LogP contribution in [-0.2, 0) is 28.6 Å². The highest BCUT2D eigenvalue weighted by atomic mass is 16.6. The SMILES string of the molecule is CC\C=C/C=C\C=C/C=C\C=C\C=C/CCCCCC(=O)OC(COC(=O)CCCCCCC/C=C\C/C=C\CC)COC(=O)CCCCCCC/C=C\CCCCCCCCCCC. The van der Waals surface area contributed by atoms with Gasteiger partial charge in [0.1, 0.15) is 13.2 Å². The van der Waals surface area contributed by atoms with E-state index in [4.69, 9.17) is 14.2 Å². The Balaban J connectivity index is 4.49. The highest BCUT2D eigenvalue weighted by Crippen LogP contribution is 2.14. The third-order valence-electron chi connectivity index (χ3n) is 10.9. The topological polar surface area (TPSA) is 78.9 Å². The molecule has 0 aromatic carbocycles. The molecule has 0 aromatic heterocycles. The average molecular weight is 901 g/mol. The van der Waals surface area contributed by atoms with Crippen LogP contribution in [0.3, 0.4) is 0 Å². The molecule has 0 aliphatic rings. The van der Waals surface area contributed by atoms with Crippen molar-refractivity contribution < 1.29 is 28.6 Å². The van der Waals surface area contributed by atoms with E-state index in [0.29, 0.717) is 19.3 Å². The number of allylic oxidation sites excluding steroid dienone is 18. The van der Waals surface area contributed by atoms with Crippen LogP contribution in [0.2, 0.25) is 0 Å². The molecule has 368 valence electrons. The number of hydrogen-bond donors (Lipinski definition) is 0. The molecule has 6 nitrogen and oxygen atoms in total. The van der Waals surface area contributed by atoms with E-state index in [0.717, 1.165) is 109 Å². The minimum Gasteiger partial charge on any atom is -0.462 e. The summed E-state index contributed by atoms with van der Waals surface area (Å²) < 4.78 is 16.8. The van der Waals surface area contributed by atoms with E-state index in [2.05, 4.69) is 69.4 Å². The lowest BCUT2D eigenvalue weighted by molar-refractivity contribution is -0.167. The second-order valence-electron chi connectivity index (χ2n) is 17.2. The molecule has 0 rings (SSSR count). The van der Waals surface area contributed by atoms with Crippen LogP contribution in [-0.4, -0.2) is 37.2 Å². The maximum Gasteiger partial charge on any atom is 0.306 e. The molecule has 1 unspecified atom stereocenters. The number of hydrogen-bond acceptors (Lipinski definition) is 6. The normalized spacial score (nSPS) is 13.0. The first kappa shape index (κ1) is 61.1. The molecule has 6 heteroatoms. The molecule has 0 radical (unpaired) electrons. The van der Waals surface area contributed by atoms with Gasteiger partial charge in [0.05, 0.1) is 0 Å². The van der Waals surface area contributed by atoms with Crippen molar-refractivity contribution in [1.82, 2.24) is 0 Å². The fourth-order valence-corrected chi connectivity index (χ4v) is 6.98. The molecular formula is C59H96O6. The standard InChI is InChI=1S/C59H96O6/c1-4-7-10-13-16-19-22-25-27-29-31-32-34-37-40-43-46-49-52-58(61)64-55-56(54-63-57(60)51-48-45-42-39-36-24-21-18-15-12-9-6-3)65-59(62)53-50-47-44-41-38-35-33-30-28-26-23-20-17-14-11-8-5-2/h8-9,11-12,14,17-18,20-21,23,26,28,30-33,35,38,56H,4-7,10,13,15-16,19,22,24-25,27,29,34,36-37,39-55H2,1-3H3/b11-8-,12-9-,17-14-,21-18-,23-20-,28-26-,32-31-,33-30+,38-35-. The summed E-state index contributed by atoms with van der Waals surface area (Å²) in [5.41, 5.74) is 0. The molecule has 0 aliphatic carbocycles. The highest BCUT2D eigenvalue weighted by molar-refractivity contribution is 5.71. The van der Waals surface area contributed by atoms with Gasteiger partial charge in [-0.05, 0) is 89.9 Å². The Kier molecular flexibility index (Phi) is 49.5. The summed E-state index contributed by atoms with van der Waals surface area (Å²) in [6, 6.07) is 0. The summed E-state index contributed by atoms with van der Waals surface area (Å²) in [7, 11) is 0. The molecule has 0 spiro atoms. The maximum atomic E-state index is 12.8. The van der Waals surface area contributed by atoms with Gasteiger partial charge >= 0.3 is 17.9 Å². The largest absolute Gasteiger partial charge is 0.462 e. The predicted molar refractivity (Wildman–Crippen MR) is 279 cm³/mol. The number of carbonyl (C=O) groups excluding carboxylic acids is 3. The van der Waals surface area contributed by atoms with E-state index >= 15 is 0 Å². The van der Waals surface area contributed by atoms with Crippen LogP contribution < -0.4 is 0 Å². The van der Waals surface area contributed by atoms with Gasteiger partial charge in [-0.2, -0.15) is 0 Å². The molecule has 0 saturated heterocycles. The first-order valence-electron chi connectivity index (χ1n) is 26.5. The minimum atomic E-state index is -0.812. The molecule has 0 saturated carbocycles. The first-order valence-corrected chi connectivity index (χ1v) is 26.5. The third kappa shape index (κ3) is 50.9. The van der Waals surface area contributed by atoms with E-state index in [1.165, 1.54) is 70.6 Å². The van der Waals surface area contributed by atoms with Crippen molar-refractivity contribution >= 4 is 17.9 Å². The Morgan fingerprint density at radius 1 is 0.338 bits per heavy atom. The van der Waals surface area contributed by atoms with Gasteiger partial charge in [0, 0.05) is 19.3 Å². The average Bonchev–Trinajstić information content (AvgIpc) is 3.30. The zero-order valence-electron chi connectivity index (χ0n) is 42.0. The number of esters is 3. The highest BCUT2D eigenvalue weighted by Gasteiger charge is 2.19. The van der Waals surface area contributed by atoms with Crippen molar-refractivity contribution in [3.63, 3.8) is 0 Å². The molecule has 0 fully saturated rings. The number of unbranched alkanes of at least 4 members (excludes halogenated alkanes) is 22. The van der Waals surface area contributed by atoms with Crippen LogP contribution in [0.4, 0.5) is 0 Å². The van der Waals surface area contributed by atoms with Crippen LogP contribution in [0.5, 0.6) is 0 Å². The molecule has 0 N–H and O–H groups in total. The number of carbonyl (C=O) groups is 3. The van der Waals surface area contributed by atoms with Gasteiger partial charge in [0.2, 0.25) is 0 Å². The van der Waals surface area contributed by atoms with Crippen molar-refractivity contribution in [2.45, 2.75) is 232 Å². The number of rotatable bonds is 46. The summed E-state index contributed by atoms with van der Waals surface area (Å²) in [6.07, 6.45) is 70.7. The molecule has 0 aliphatic heterocycles. The lowest BCUT2D eigenvalue weighted by Gasteiger charge is -2.18. The first-order chi connectivity index (χ1) is 32.0. The summed E-state index contributed by atoms with van der Waals surface area (Å²) in [4.78, 5) is 38.0. The lowest BCUT2D eigenvalue weighted by atomic mass is 10.1. The molecule has 0 heterocycles. The van der Waals surface area contributed by atoms with Gasteiger partial charge in [-0.1, -0.05) is 226 Å². The van der Waals surface area contributed by atoms with Gasteiger partial charge in [-0.25, -0.2) is 0 Å². The van der Waals surface area contributed by atoms with Crippen molar-refractivity contribution in [3.05, 3.63) is 109 Å². The summed E-state index contributed by atoms with van der Waals surface area (Å²) in [6.45, 7) is 6.32. The number of ether oxygens (including phenoxy) is 3. The van der Waals surface area contributed by atoms with Gasteiger partial charge in [0.15, 0.2) is 6.10 Å². The molecule has 0 bridgehead atoms. The van der Waals surface area contributed by atoms with Crippen molar-refractivity contribution in [3.8, 4) is 0 Å². The minimum absolute atomic E-state index is 0.107. The van der Waals surface area contributed by atoms with Crippen molar-refractivity contribution in [1.29, 1.82) is 0 Å². The fraction of sp³-hybridized carbons (Fsp3) is 0.644. The second kappa shape index (κ2) is 52.7. The van der Waals surface area contributed by atoms with Crippen LogP contribution in [0.25, 0.3) is 0 Å². The zero-order chi connectivity index (χ0) is 47.2. The van der Waals surface area contributed by atoms with Gasteiger partial charge in [0.25, 0.3) is 0 Å². The summed E-state index contributed by atoms with van der Waals surface area (Å²) in [5, 5.41) is 0. The second-order valence-corrected chi connectivity index (χ2v) is 17.2. The van der Waals surface area contributed by atoms with E-state index in [1.54, 1.807) is 0 Å². The van der Waals surface area contributed by atoms with Crippen LogP contribution >= 0.6 is 0 Å². The van der Waals surface area contributed by atoms with Crippen LogP contribution in [0.15, 0.2) is 109 Å². The van der Waals surface area contributed by atoms with E-state index in [9.17, 15) is 14.4 Å². The molecule has 0 amide bonds. The van der Waals surface area contributed by atoms with Gasteiger partial charge < -0.3 is 14.2 Å². The Hall–Kier alpha value is -3.93. The Morgan fingerprint density at radius 3 is 1.14 bits per heavy atom. The molecule has 0 aromatic rings. The van der Waals surface area contributed by atoms with Crippen molar-refractivity contribution in [2.24, 2.45) is 0 Å². The van der Waals surface area contributed by atoms with E-state index < -0.39 is 6.10 Å². The molecular weight excluding hydrogens is 805 g/mol. The van der Waals surface area contributed by atoms with Gasteiger partial charge in [-0.15, -0.1) is 0 Å². The Labute approximate surface area is 400 Å². The maximum absolute atomic E-state index is 12.8. The predicted octanol–water partition coefficient (Wildman–Crippen LogP) is 17.5. The van der Waals surface area contributed by atoms with Crippen LogP contribution in [0, 0.1) is 0 Å². The fourth-order valence-electron chi connectivity index (χ4n) is 6.98.